The topological polar surface area (TPSA) is 32.3 Å². The number of hydrogen-bond donors (Lipinski definition) is 2. The Hall–Kier alpha value is -0.0800. The molecule has 0 bridgehead atoms. The van der Waals surface area contributed by atoms with Crippen molar-refractivity contribution in [1.82, 2.24) is 5.32 Å². The lowest BCUT2D eigenvalue weighted by molar-refractivity contribution is 0.0764. The minimum absolute atomic E-state index is 0.348. The van der Waals surface area contributed by atoms with E-state index in [0.29, 0.717) is 12.0 Å². The first-order chi connectivity index (χ1) is 6.77. The Morgan fingerprint density at radius 2 is 1.60 bits per heavy atom. The second-order valence-electron chi connectivity index (χ2n) is 6.04. The molecule has 0 amide bonds. The van der Waals surface area contributed by atoms with Gasteiger partial charge in [-0.15, -0.1) is 0 Å². The van der Waals surface area contributed by atoms with Crippen molar-refractivity contribution < 1.29 is 5.11 Å². The smallest absolute Gasteiger partial charge is 0.0715 e. The molecule has 0 radical (unpaired) electrons. The second-order valence-corrected chi connectivity index (χ2v) is 6.04. The van der Waals surface area contributed by atoms with E-state index in [1.165, 1.54) is 25.7 Å². The zero-order chi connectivity index (χ0) is 11.9. The molecule has 0 rings (SSSR count). The average Bonchev–Trinajstić information content (AvgIpc) is 2.01. The summed E-state index contributed by atoms with van der Waals surface area (Å²) in [6.45, 7) is 12.2. The molecule has 0 fully saturated rings. The molecule has 0 aromatic heterocycles. The summed E-state index contributed by atoms with van der Waals surface area (Å²) in [4.78, 5) is 0. The summed E-state index contributed by atoms with van der Waals surface area (Å²) in [5, 5.41) is 12.9. The van der Waals surface area contributed by atoms with Crippen LogP contribution in [0.1, 0.15) is 60.3 Å². The summed E-state index contributed by atoms with van der Waals surface area (Å²) in [5.41, 5.74) is -0.250. The van der Waals surface area contributed by atoms with Gasteiger partial charge in [0.1, 0.15) is 0 Å². The zero-order valence-corrected chi connectivity index (χ0v) is 11.2. The first kappa shape index (κ1) is 14.9. The molecule has 0 aliphatic heterocycles. The van der Waals surface area contributed by atoms with Gasteiger partial charge in [0, 0.05) is 13.1 Å². The predicted octanol–water partition coefficient (Wildman–Crippen LogP) is 2.95. The third kappa shape index (κ3) is 10.2. The minimum Gasteiger partial charge on any atom is -0.389 e. The molecule has 0 aliphatic carbocycles. The van der Waals surface area contributed by atoms with Crippen LogP contribution in [0.15, 0.2) is 0 Å². The van der Waals surface area contributed by atoms with Crippen LogP contribution in [0.25, 0.3) is 0 Å². The molecule has 15 heavy (non-hydrogen) atoms. The van der Waals surface area contributed by atoms with Crippen molar-refractivity contribution in [2.75, 3.05) is 13.1 Å². The van der Waals surface area contributed by atoms with Crippen molar-refractivity contribution in [3.63, 3.8) is 0 Å². The van der Waals surface area contributed by atoms with E-state index >= 15 is 0 Å². The molecule has 0 spiro atoms. The van der Waals surface area contributed by atoms with Gasteiger partial charge in [0.2, 0.25) is 0 Å². The fourth-order valence-corrected chi connectivity index (χ4v) is 1.65. The SMILES string of the molecule is CCCCCC(C)(C)CNCC(C)(C)O. The van der Waals surface area contributed by atoms with Gasteiger partial charge in [-0.25, -0.2) is 0 Å². The molecule has 0 aromatic rings. The van der Waals surface area contributed by atoms with Crippen LogP contribution in [0.2, 0.25) is 0 Å². The van der Waals surface area contributed by atoms with E-state index in [9.17, 15) is 5.11 Å². The largest absolute Gasteiger partial charge is 0.389 e. The highest BCUT2D eigenvalue weighted by Gasteiger charge is 2.18. The normalized spacial score (nSPS) is 13.2. The van der Waals surface area contributed by atoms with Crippen LogP contribution >= 0.6 is 0 Å². The van der Waals surface area contributed by atoms with E-state index in [1.807, 2.05) is 13.8 Å². The van der Waals surface area contributed by atoms with Crippen LogP contribution in [0, 0.1) is 5.41 Å². The fourth-order valence-electron chi connectivity index (χ4n) is 1.65. The van der Waals surface area contributed by atoms with Gasteiger partial charge < -0.3 is 10.4 Å². The molecule has 0 atom stereocenters. The van der Waals surface area contributed by atoms with Gasteiger partial charge in [0.05, 0.1) is 5.60 Å². The van der Waals surface area contributed by atoms with E-state index in [1.54, 1.807) is 0 Å². The molecule has 0 saturated heterocycles. The maximum absolute atomic E-state index is 9.57. The molecule has 92 valence electrons. The quantitative estimate of drug-likeness (QED) is 0.610. The van der Waals surface area contributed by atoms with Crippen molar-refractivity contribution in [2.24, 2.45) is 5.41 Å². The van der Waals surface area contributed by atoms with Crippen LogP contribution in [0.3, 0.4) is 0 Å². The molecule has 0 unspecified atom stereocenters. The summed E-state index contributed by atoms with van der Waals surface area (Å²) in [7, 11) is 0. The Bertz CT molecular complexity index is 158. The van der Waals surface area contributed by atoms with Gasteiger partial charge >= 0.3 is 0 Å². The van der Waals surface area contributed by atoms with E-state index in [4.69, 9.17) is 0 Å². The number of nitrogens with one attached hydrogen (secondary N) is 1. The lowest BCUT2D eigenvalue weighted by Crippen LogP contribution is -2.39. The Morgan fingerprint density at radius 3 is 2.07 bits per heavy atom. The number of aliphatic hydroxyl groups is 1. The predicted molar refractivity (Wildman–Crippen MR) is 67.1 cm³/mol. The summed E-state index contributed by atoms with van der Waals surface area (Å²) in [6, 6.07) is 0. The van der Waals surface area contributed by atoms with Crippen LogP contribution in [0.5, 0.6) is 0 Å². The van der Waals surface area contributed by atoms with Gasteiger partial charge in [-0.3, -0.25) is 0 Å². The molecule has 2 heteroatoms. The van der Waals surface area contributed by atoms with E-state index in [2.05, 4.69) is 26.1 Å². The Balaban J connectivity index is 3.64. The number of hydrogen-bond acceptors (Lipinski definition) is 2. The van der Waals surface area contributed by atoms with Crippen molar-refractivity contribution >= 4 is 0 Å². The molecule has 2 N–H and O–H groups in total. The maximum atomic E-state index is 9.57. The molecule has 2 nitrogen and oxygen atoms in total. The lowest BCUT2D eigenvalue weighted by atomic mass is 9.86. The molecule has 0 aromatic carbocycles. The van der Waals surface area contributed by atoms with E-state index in [-0.39, 0.29) is 0 Å². The van der Waals surface area contributed by atoms with Crippen molar-refractivity contribution in [2.45, 2.75) is 65.9 Å². The third-order valence-electron chi connectivity index (χ3n) is 2.62. The molecular formula is C13H29NO. The Kier molecular flexibility index (Phi) is 6.46. The highest BCUT2D eigenvalue weighted by atomic mass is 16.3. The highest BCUT2D eigenvalue weighted by molar-refractivity contribution is 4.75. The van der Waals surface area contributed by atoms with Crippen LogP contribution < -0.4 is 5.32 Å². The summed E-state index contributed by atoms with van der Waals surface area (Å²) >= 11 is 0. The van der Waals surface area contributed by atoms with Crippen molar-refractivity contribution in [3.8, 4) is 0 Å². The number of rotatable bonds is 8. The molecular weight excluding hydrogens is 186 g/mol. The lowest BCUT2D eigenvalue weighted by Gasteiger charge is -2.27. The van der Waals surface area contributed by atoms with Crippen LogP contribution in [-0.4, -0.2) is 23.8 Å². The number of unbranched alkanes of at least 4 members (excludes halogenated alkanes) is 2. The van der Waals surface area contributed by atoms with Gasteiger partial charge in [-0.1, -0.05) is 40.0 Å². The fraction of sp³-hybridized carbons (Fsp3) is 1.00. The maximum Gasteiger partial charge on any atom is 0.0715 e. The van der Waals surface area contributed by atoms with Gasteiger partial charge in [0.15, 0.2) is 0 Å². The highest BCUT2D eigenvalue weighted by Crippen LogP contribution is 2.22. The second kappa shape index (κ2) is 6.49. The van der Waals surface area contributed by atoms with Crippen molar-refractivity contribution in [1.29, 1.82) is 0 Å². The van der Waals surface area contributed by atoms with Crippen molar-refractivity contribution in [3.05, 3.63) is 0 Å². The zero-order valence-electron chi connectivity index (χ0n) is 11.2. The Morgan fingerprint density at radius 1 is 1.00 bits per heavy atom. The molecule has 0 heterocycles. The standard InChI is InChI=1S/C13H29NO/c1-6-7-8-9-12(2,3)10-14-11-13(4,5)15/h14-15H,6-11H2,1-5H3. The summed E-state index contributed by atoms with van der Waals surface area (Å²) < 4.78 is 0. The average molecular weight is 215 g/mol. The van der Waals surface area contributed by atoms with Crippen LogP contribution in [-0.2, 0) is 0 Å². The van der Waals surface area contributed by atoms with E-state index in [0.717, 1.165) is 6.54 Å². The van der Waals surface area contributed by atoms with Gasteiger partial charge in [0.25, 0.3) is 0 Å². The first-order valence-corrected chi connectivity index (χ1v) is 6.20. The van der Waals surface area contributed by atoms with E-state index < -0.39 is 5.60 Å². The van der Waals surface area contributed by atoms with Crippen LogP contribution in [0.4, 0.5) is 0 Å². The first-order valence-electron chi connectivity index (χ1n) is 6.20. The summed E-state index contributed by atoms with van der Waals surface area (Å²) in [5.74, 6) is 0. The summed E-state index contributed by atoms with van der Waals surface area (Å²) in [6.07, 6.45) is 5.19. The van der Waals surface area contributed by atoms with Gasteiger partial charge in [-0.05, 0) is 25.7 Å². The Labute approximate surface area is 95.5 Å². The van der Waals surface area contributed by atoms with Gasteiger partial charge in [-0.2, -0.15) is 0 Å². The third-order valence-corrected chi connectivity index (χ3v) is 2.62. The monoisotopic (exact) mass is 215 g/mol. The molecule has 0 aliphatic rings. The minimum atomic E-state index is -0.598. The molecule has 0 saturated carbocycles.